The SMILES string of the molecule is COC(=O)C(NCc1ccc(C)cc1)c1ccccc1. The van der Waals surface area contributed by atoms with E-state index in [1.54, 1.807) is 0 Å². The highest BCUT2D eigenvalue weighted by Gasteiger charge is 2.20. The Morgan fingerprint density at radius 3 is 2.35 bits per heavy atom. The molecule has 1 atom stereocenters. The lowest BCUT2D eigenvalue weighted by atomic mass is 10.1. The van der Waals surface area contributed by atoms with Crippen LogP contribution >= 0.6 is 0 Å². The molecule has 0 aliphatic carbocycles. The Balaban J connectivity index is 2.09. The van der Waals surface area contributed by atoms with Gasteiger partial charge in [-0.3, -0.25) is 5.32 Å². The zero-order valence-corrected chi connectivity index (χ0v) is 11.8. The Bertz CT molecular complexity index is 549. The number of aryl methyl sites for hydroxylation is 1. The van der Waals surface area contributed by atoms with Gasteiger partial charge in [0.25, 0.3) is 0 Å². The third kappa shape index (κ3) is 3.68. The number of benzene rings is 2. The Morgan fingerprint density at radius 2 is 1.75 bits per heavy atom. The average Bonchev–Trinajstić information content (AvgIpc) is 2.50. The third-order valence-corrected chi connectivity index (χ3v) is 3.20. The fourth-order valence-corrected chi connectivity index (χ4v) is 2.03. The minimum atomic E-state index is -0.442. The van der Waals surface area contributed by atoms with Crippen molar-refractivity contribution < 1.29 is 9.53 Å². The van der Waals surface area contributed by atoms with Gasteiger partial charge in [0.1, 0.15) is 6.04 Å². The van der Waals surface area contributed by atoms with Crippen LogP contribution in [-0.2, 0) is 16.1 Å². The van der Waals surface area contributed by atoms with Crippen LogP contribution in [0.1, 0.15) is 22.7 Å². The Morgan fingerprint density at radius 1 is 1.10 bits per heavy atom. The van der Waals surface area contributed by atoms with Crippen molar-refractivity contribution in [2.75, 3.05) is 7.11 Å². The van der Waals surface area contributed by atoms with Crippen molar-refractivity contribution in [3.05, 3.63) is 71.3 Å². The monoisotopic (exact) mass is 269 g/mol. The molecule has 0 aliphatic rings. The summed E-state index contributed by atoms with van der Waals surface area (Å²) in [5.74, 6) is -0.275. The minimum absolute atomic E-state index is 0.275. The molecule has 0 heterocycles. The fraction of sp³-hybridized carbons (Fsp3) is 0.235. The number of hydrogen-bond acceptors (Lipinski definition) is 3. The molecule has 0 amide bonds. The molecule has 1 N–H and O–H groups in total. The van der Waals surface area contributed by atoms with E-state index in [9.17, 15) is 4.79 Å². The largest absolute Gasteiger partial charge is 0.468 e. The summed E-state index contributed by atoms with van der Waals surface area (Å²) in [5.41, 5.74) is 3.27. The molecule has 2 aromatic rings. The lowest BCUT2D eigenvalue weighted by Crippen LogP contribution is -2.29. The summed E-state index contributed by atoms with van der Waals surface area (Å²) in [4.78, 5) is 11.9. The summed E-state index contributed by atoms with van der Waals surface area (Å²) in [7, 11) is 1.41. The molecule has 1 unspecified atom stereocenters. The number of hydrogen-bond donors (Lipinski definition) is 1. The van der Waals surface area contributed by atoms with E-state index >= 15 is 0 Å². The molecule has 0 saturated carbocycles. The van der Waals surface area contributed by atoms with E-state index in [0.29, 0.717) is 6.54 Å². The lowest BCUT2D eigenvalue weighted by Gasteiger charge is -2.17. The third-order valence-electron chi connectivity index (χ3n) is 3.20. The molecule has 0 aromatic heterocycles. The van der Waals surface area contributed by atoms with Gasteiger partial charge >= 0.3 is 5.97 Å². The lowest BCUT2D eigenvalue weighted by molar-refractivity contribution is -0.143. The summed E-state index contributed by atoms with van der Waals surface area (Å²) >= 11 is 0. The maximum absolute atomic E-state index is 11.9. The minimum Gasteiger partial charge on any atom is -0.468 e. The summed E-state index contributed by atoms with van der Waals surface area (Å²) < 4.78 is 4.87. The quantitative estimate of drug-likeness (QED) is 0.848. The number of carbonyl (C=O) groups excluding carboxylic acids is 1. The highest BCUT2D eigenvalue weighted by atomic mass is 16.5. The molecule has 0 fully saturated rings. The van der Waals surface area contributed by atoms with Gasteiger partial charge in [-0.25, -0.2) is 4.79 Å². The van der Waals surface area contributed by atoms with Gasteiger partial charge in [0.05, 0.1) is 7.11 Å². The van der Waals surface area contributed by atoms with Crippen LogP contribution in [0.5, 0.6) is 0 Å². The van der Waals surface area contributed by atoms with Crippen molar-refractivity contribution in [3.8, 4) is 0 Å². The Kier molecular flexibility index (Phi) is 4.91. The molecule has 2 aromatic carbocycles. The Labute approximate surface area is 119 Å². The van der Waals surface area contributed by atoms with Gasteiger partial charge in [-0.2, -0.15) is 0 Å². The molecular weight excluding hydrogens is 250 g/mol. The van der Waals surface area contributed by atoms with Gasteiger partial charge in [0.15, 0.2) is 0 Å². The van der Waals surface area contributed by atoms with Gasteiger partial charge in [0.2, 0.25) is 0 Å². The maximum Gasteiger partial charge on any atom is 0.327 e. The molecule has 3 heteroatoms. The van der Waals surface area contributed by atoms with Crippen molar-refractivity contribution in [2.24, 2.45) is 0 Å². The molecule has 20 heavy (non-hydrogen) atoms. The molecular formula is C17H19NO2. The van der Waals surface area contributed by atoms with Gasteiger partial charge in [0, 0.05) is 6.54 Å². The zero-order valence-electron chi connectivity index (χ0n) is 11.8. The normalized spacial score (nSPS) is 11.9. The number of esters is 1. The van der Waals surface area contributed by atoms with Crippen LogP contribution in [0, 0.1) is 6.92 Å². The van der Waals surface area contributed by atoms with Crippen LogP contribution in [0.25, 0.3) is 0 Å². The van der Waals surface area contributed by atoms with Crippen LogP contribution < -0.4 is 5.32 Å². The molecule has 0 spiro atoms. The number of ether oxygens (including phenoxy) is 1. The second-order valence-corrected chi connectivity index (χ2v) is 4.73. The van der Waals surface area contributed by atoms with E-state index in [4.69, 9.17) is 4.74 Å². The molecule has 0 bridgehead atoms. The fourth-order valence-electron chi connectivity index (χ4n) is 2.03. The predicted octanol–water partition coefficient (Wildman–Crippen LogP) is 3.00. The summed E-state index contributed by atoms with van der Waals surface area (Å²) in [5, 5.41) is 3.25. The number of rotatable bonds is 5. The van der Waals surface area contributed by atoms with Crippen LogP contribution in [-0.4, -0.2) is 13.1 Å². The van der Waals surface area contributed by atoms with Crippen molar-refractivity contribution >= 4 is 5.97 Å². The average molecular weight is 269 g/mol. The predicted molar refractivity (Wildman–Crippen MR) is 79.2 cm³/mol. The molecule has 3 nitrogen and oxygen atoms in total. The summed E-state index contributed by atoms with van der Waals surface area (Å²) in [6.07, 6.45) is 0. The first-order valence-corrected chi connectivity index (χ1v) is 6.62. The molecule has 0 saturated heterocycles. The number of carbonyl (C=O) groups is 1. The number of methoxy groups -OCH3 is 1. The van der Waals surface area contributed by atoms with Gasteiger partial charge in [-0.05, 0) is 18.1 Å². The first-order chi connectivity index (χ1) is 9.70. The smallest absolute Gasteiger partial charge is 0.327 e. The van der Waals surface area contributed by atoms with E-state index < -0.39 is 6.04 Å². The maximum atomic E-state index is 11.9. The van der Waals surface area contributed by atoms with E-state index in [1.165, 1.54) is 12.7 Å². The highest BCUT2D eigenvalue weighted by molar-refractivity contribution is 5.77. The standard InChI is InChI=1S/C17H19NO2/c1-13-8-10-14(11-9-13)12-18-16(17(19)20-2)15-6-4-3-5-7-15/h3-11,16,18H,12H2,1-2H3. The Hall–Kier alpha value is -2.13. The van der Waals surface area contributed by atoms with Crippen LogP contribution in [0.15, 0.2) is 54.6 Å². The highest BCUT2D eigenvalue weighted by Crippen LogP contribution is 2.15. The first kappa shape index (κ1) is 14.3. The van der Waals surface area contributed by atoms with Crippen LogP contribution in [0.4, 0.5) is 0 Å². The van der Waals surface area contributed by atoms with E-state index in [-0.39, 0.29) is 5.97 Å². The van der Waals surface area contributed by atoms with E-state index in [2.05, 4.69) is 36.5 Å². The van der Waals surface area contributed by atoms with Crippen LogP contribution in [0.3, 0.4) is 0 Å². The topological polar surface area (TPSA) is 38.3 Å². The molecule has 2 rings (SSSR count). The molecule has 0 radical (unpaired) electrons. The zero-order chi connectivity index (χ0) is 14.4. The summed E-state index contributed by atoms with van der Waals surface area (Å²) in [6, 6.07) is 17.4. The second-order valence-electron chi connectivity index (χ2n) is 4.73. The van der Waals surface area contributed by atoms with Crippen molar-refractivity contribution in [1.82, 2.24) is 5.32 Å². The molecule has 0 aliphatic heterocycles. The van der Waals surface area contributed by atoms with Crippen LogP contribution in [0.2, 0.25) is 0 Å². The summed E-state index contributed by atoms with van der Waals surface area (Å²) in [6.45, 7) is 2.67. The van der Waals surface area contributed by atoms with Gasteiger partial charge in [-0.15, -0.1) is 0 Å². The molecule has 104 valence electrons. The van der Waals surface area contributed by atoms with E-state index in [1.807, 2.05) is 30.3 Å². The second kappa shape index (κ2) is 6.87. The van der Waals surface area contributed by atoms with Gasteiger partial charge in [-0.1, -0.05) is 60.2 Å². The van der Waals surface area contributed by atoms with E-state index in [0.717, 1.165) is 11.1 Å². The van der Waals surface area contributed by atoms with Crippen molar-refractivity contribution in [3.63, 3.8) is 0 Å². The number of nitrogens with one attached hydrogen (secondary N) is 1. The van der Waals surface area contributed by atoms with Crippen molar-refractivity contribution in [2.45, 2.75) is 19.5 Å². The first-order valence-electron chi connectivity index (χ1n) is 6.62. The van der Waals surface area contributed by atoms with Crippen molar-refractivity contribution in [1.29, 1.82) is 0 Å². The van der Waals surface area contributed by atoms with Gasteiger partial charge < -0.3 is 4.74 Å².